The van der Waals surface area contributed by atoms with Gasteiger partial charge in [0.15, 0.2) is 5.65 Å². The van der Waals surface area contributed by atoms with E-state index in [9.17, 15) is 4.79 Å². The quantitative estimate of drug-likeness (QED) is 0.607. The molecule has 7 heteroatoms. The molecule has 0 atom stereocenters. The summed E-state index contributed by atoms with van der Waals surface area (Å²) in [5.74, 6) is 0.987. The Morgan fingerprint density at radius 2 is 1.85 bits per heavy atom. The van der Waals surface area contributed by atoms with Gasteiger partial charge < -0.3 is 5.32 Å². The molecule has 1 N–H and O–H groups in total. The van der Waals surface area contributed by atoms with Crippen molar-refractivity contribution in [3.63, 3.8) is 0 Å². The van der Waals surface area contributed by atoms with Crippen molar-refractivity contribution in [3.05, 3.63) is 72.4 Å². The highest BCUT2D eigenvalue weighted by molar-refractivity contribution is 6.04. The second-order valence-electron chi connectivity index (χ2n) is 7.35. The van der Waals surface area contributed by atoms with Crippen LogP contribution in [0.4, 0.5) is 5.82 Å². The minimum atomic E-state index is -0.205. The third-order valence-electron chi connectivity index (χ3n) is 4.36. The first-order valence-electron chi connectivity index (χ1n) is 8.67. The Kier molecular flexibility index (Phi) is 3.99. The normalized spacial score (nSPS) is 11.7. The summed E-state index contributed by atoms with van der Waals surface area (Å²) in [6.45, 7) is 6.43. The third kappa shape index (κ3) is 3.31. The van der Waals surface area contributed by atoms with E-state index in [1.165, 1.54) is 5.56 Å². The molecule has 4 aromatic rings. The lowest BCUT2D eigenvalue weighted by Gasteiger charge is -2.19. The van der Waals surface area contributed by atoms with Crippen molar-refractivity contribution in [2.75, 3.05) is 5.32 Å². The van der Waals surface area contributed by atoms with E-state index < -0.39 is 0 Å². The highest BCUT2D eigenvalue weighted by Gasteiger charge is 2.15. The summed E-state index contributed by atoms with van der Waals surface area (Å²) in [5.41, 5.74) is 2.45. The van der Waals surface area contributed by atoms with E-state index in [4.69, 9.17) is 0 Å². The van der Waals surface area contributed by atoms with E-state index in [1.54, 1.807) is 35.4 Å². The first-order valence-corrected chi connectivity index (χ1v) is 8.67. The smallest absolute Gasteiger partial charge is 0.256 e. The summed E-state index contributed by atoms with van der Waals surface area (Å²) in [6.07, 6.45) is 6.84. The van der Waals surface area contributed by atoms with E-state index in [-0.39, 0.29) is 11.3 Å². The van der Waals surface area contributed by atoms with Gasteiger partial charge in [-0.1, -0.05) is 32.9 Å². The van der Waals surface area contributed by atoms with Crippen molar-refractivity contribution < 1.29 is 4.79 Å². The van der Waals surface area contributed by atoms with Crippen molar-refractivity contribution in [1.29, 1.82) is 0 Å². The van der Waals surface area contributed by atoms with Crippen LogP contribution in [0.25, 0.3) is 11.5 Å². The number of imidazole rings is 1. The number of hydrogen-bond acceptors (Lipinski definition) is 4. The summed E-state index contributed by atoms with van der Waals surface area (Å²) in [4.78, 5) is 21.2. The fraction of sp³-hybridized carbons (Fsp3) is 0.200. The zero-order valence-electron chi connectivity index (χ0n) is 15.4. The van der Waals surface area contributed by atoms with Crippen LogP contribution in [-0.4, -0.2) is 30.1 Å². The SMILES string of the molecule is CC(C)(C)c1ccc(C(=O)Nc2cc(-n3ccnc3)n3nccc3n2)cc1. The standard InChI is InChI=1S/C20H20N6O/c1-20(2,3)15-6-4-14(5-7-15)19(27)24-16-12-18(25-11-10-21-13-25)26-17(23-16)8-9-22-26/h4-13H,1-3H3,(H,23,24,27). The van der Waals surface area contributed by atoms with Gasteiger partial charge >= 0.3 is 0 Å². The van der Waals surface area contributed by atoms with Crippen LogP contribution in [0.15, 0.2) is 61.3 Å². The maximum Gasteiger partial charge on any atom is 0.256 e. The average Bonchev–Trinajstić information content (AvgIpc) is 3.32. The lowest BCUT2D eigenvalue weighted by Crippen LogP contribution is -2.16. The first-order chi connectivity index (χ1) is 12.9. The van der Waals surface area contributed by atoms with Crippen LogP contribution in [0.3, 0.4) is 0 Å². The fourth-order valence-electron chi connectivity index (χ4n) is 2.85. The highest BCUT2D eigenvalue weighted by atomic mass is 16.1. The molecule has 0 fully saturated rings. The summed E-state index contributed by atoms with van der Waals surface area (Å²) in [6, 6.07) is 11.2. The van der Waals surface area contributed by atoms with Gasteiger partial charge in [-0.2, -0.15) is 9.61 Å². The molecule has 0 aliphatic heterocycles. The minimum Gasteiger partial charge on any atom is -0.306 e. The Labute approximate surface area is 156 Å². The Bertz CT molecular complexity index is 1090. The number of fused-ring (bicyclic) bond motifs is 1. The summed E-state index contributed by atoms with van der Waals surface area (Å²) in [5, 5.41) is 7.15. The molecule has 0 unspecified atom stereocenters. The lowest BCUT2D eigenvalue weighted by molar-refractivity contribution is 0.102. The zero-order valence-corrected chi connectivity index (χ0v) is 15.4. The number of carbonyl (C=O) groups excluding carboxylic acids is 1. The highest BCUT2D eigenvalue weighted by Crippen LogP contribution is 2.22. The van der Waals surface area contributed by atoms with Crippen molar-refractivity contribution in [3.8, 4) is 5.82 Å². The van der Waals surface area contributed by atoms with Crippen molar-refractivity contribution in [2.45, 2.75) is 26.2 Å². The monoisotopic (exact) mass is 360 g/mol. The van der Waals surface area contributed by atoms with Crippen LogP contribution in [-0.2, 0) is 5.41 Å². The van der Waals surface area contributed by atoms with E-state index >= 15 is 0 Å². The summed E-state index contributed by atoms with van der Waals surface area (Å²) < 4.78 is 3.50. The number of amides is 1. The summed E-state index contributed by atoms with van der Waals surface area (Å²) in [7, 11) is 0. The van der Waals surface area contributed by atoms with Crippen molar-refractivity contribution in [2.24, 2.45) is 0 Å². The predicted molar refractivity (Wildman–Crippen MR) is 103 cm³/mol. The van der Waals surface area contributed by atoms with Gasteiger partial charge in [0, 0.05) is 30.1 Å². The number of nitrogens with zero attached hydrogens (tertiary/aromatic N) is 5. The van der Waals surface area contributed by atoms with Crippen molar-refractivity contribution in [1.82, 2.24) is 24.1 Å². The van der Waals surface area contributed by atoms with Gasteiger partial charge in [0.05, 0.1) is 6.20 Å². The fourth-order valence-corrected chi connectivity index (χ4v) is 2.85. The van der Waals surface area contributed by atoms with Gasteiger partial charge in [-0.25, -0.2) is 9.97 Å². The zero-order chi connectivity index (χ0) is 19.0. The van der Waals surface area contributed by atoms with E-state index in [2.05, 4.69) is 41.2 Å². The third-order valence-corrected chi connectivity index (χ3v) is 4.36. The molecule has 0 spiro atoms. The maximum absolute atomic E-state index is 12.7. The topological polar surface area (TPSA) is 77.1 Å². The van der Waals surface area contributed by atoms with Crippen LogP contribution >= 0.6 is 0 Å². The number of aromatic nitrogens is 5. The van der Waals surface area contributed by atoms with Gasteiger partial charge in [0.1, 0.15) is 18.0 Å². The molecule has 0 bridgehead atoms. The van der Waals surface area contributed by atoms with E-state index in [0.717, 1.165) is 5.82 Å². The Balaban J connectivity index is 1.64. The van der Waals surface area contributed by atoms with Gasteiger partial charge in [0.2, 0.25) is 0 Å². The number of hydrogen-bond donors (Lipinski definition) is 1. The molecule has 27 heavy (non-hydrogen) atoms. The Hall–Kier alpha value is -3.48. The van der Waals surface area contributed by atoms with Crippen LogP contribution in [0, 0.1) is 0 Å². The number of nitrogens with one attached hydrogen (secondary N) is 1. The number of anilines is 1. The first kappa shape index (κ1) is 17.0. The molecule has 0 aliphatic rings. The van der Waals surface area contributed by atoms with E-state index in [0.29, 0.717) is 17.0 Å². The van der Waals surface area contributed by atoms with Crippen LogP contribution < -0.4 is 5.32 Å². The summed E-state index contributed by atoms with van der Waals surface area (Å²) >= 11 is 0. The second kappa shape index (κ2) is 6.35. The molecule has 0 saturated heterocycles. The average molecular weight is 360 g/mol. The molecule has 3 heterocycles. The lowest BCUT2D eigenvalue weighted by atomic mass is 9.87. The largest absolute Gasteiger partial charge is 0.306 e. The molecule has 136 valence electrons. The Morgan fingerprint density at radius 3 is 2.52 bits per heavy atom. The molecular weight excluding hydrogens is 340 g/mol. The molecule has 1 amide bonds. The van der Waals surface area contributed by atoms with Crippen LogP contribution in [0.2, 0.25) is 0 Å². The molecular formula is C20H20N6O. The minimum absolute atomic E-state index is 0.0449. The molecule has 1 aromatic carbocycles. The van der Waals surface area contributed by atoms with E-state index in [1.807, 2.05) is 35.0 Å². The molecule has 0 saturated carbocycles. The predicted octanol–water partition coefficient (Wildman–Crippen LogP) is 3.46. The number of rotatable bonds is 3. The maximum atomic E-state index is 12.7. The van der Waals surface area contributed by atoms with Crippen LogP contribution in [0.5, 0.6) is 0 Å². The molecule has 4 rings (SSSR count). The molecule has 0 aliphatic carbocycles. The van der Waals surface area contributed by atoms with Gasteiger partial charge in [0.25, 0.3) is 5.91 Å². The van der Waals surface area contributed by atoms with Gasteiger partial charge in [-0.05, 0) is 23.1 Å². The second-order valence-corrected chi connectivity index (χ2v) is 7.35. The van der Waals surface area contributed by atoms with Crippen molar-refractivity contribution >= 4 is 17.4 Å². The molecule has 3 aromatic heterocycles. The molecule has 7 nitrogen and oxygen atoms in total. The van der Waals surface area contributed by atoms with Crippen LogP contribution in [0.1, 0.15) is 36.7 Å². The van der Waals surface area contributed by atoms with Gasteiger partial charge in [-0.3, -0.25) is 9.36 Å². The number of carbonyl (C=O) groups is 1. The molecule has 0 radical (unpaired) electrons. The number of benzene rings is 1. The Morgan fingerprint density at radius 1 is 1.07 bits per heavy atom. The van der Waals surface area contributed by atoms with Gasteiger partial charge in [-0.15, -0.1) is 0 Å².